The molecule has 1 aromatic carbocycles. The van der Waals surface area contributed by atoms with Crippen molar-refractivity contribution in [3.8, 4) is 0 Å². The number of amides is 1. The highest BCUT2D eigenvalue weighted by Gasteiger charge is 2.16. The number of rotatable bonds is 5. The van der Waals surface area contributed by atoms with Crippen molar-refractivity contribution in [2.45, 2.75) is 24.3 Å². The van der Waals surface area contributed by atoms with Gasteiger partial charge in [0.1, 0.15) is 5.69 Å². The van der Waals surface area contributed by atoms with Gasteiger partial charge in [0.25, 0.3) is 5.91 Å². The largest absolute Gasteiger partial charge is 0.347 e. The second-order valence-corrected chi connectivity index (χ2v) is 7.30. The van der Waals surface area contributed by atoms with Crippen molar-refractivity contribution in [3.63, 3.8) is 0 Å². The zero-order valence-corrected chi connectivity index (χ0v) is 13.7. The molecule has 22 heavy (non-hydrogen) atoms. The van der Waals surface area contributed by atoms with Crippen molar-refractivity contribution >= 4 is 15.7 Å². The van der Waals surface area contributed by atoms with E-state index in [4.69, 9.17) is 0 Å². The minimum atomic E-state index is -3.21. The van der Waals surface area contributed by atoms with Crippen LogP contribution >= 0.6 is 0 Å². The van der Waals surface area contributed by atoms with Crippen molar-refractivity contribution < 1.29 is 13.2 Å². The lowest BCUT2D eigenvalue weighted by molar-refractivity contribution is 0.0927. The highest BCUT2D eigenvalue weighted by atomic mass is 32.2. The number of carbonyl (C=O) groups is 1. The first kappa shape index (κ1) is 16.3. The molecule has 0 saturated heterocycles. The summed E-state index contributed by atoms with van der Waals surface area (Å²) >= 11 is 0. The van der Waals surface area contributed by atoms with Gasteiger partial charge in [0.15, 0.2) is 9.84 Å². The van der Waals surface area contributed by atoms with Crippen LogP contribution in [0.15, 0.2) is 47.5 Å². The van der Waals surface area contributed by atoms with Gasteiger partial charge in [-0.25, -0.2) is 8.42 Å². The fourth-order valence-corrected chi connectivity index (χ4v) is 2.93. The van der Waals surface area contributed by atoms with Crippen molar-refractivity contribution in [2.24, 2.45) is 7.05 Å². The van der Waals surface area contributed by atoms with Crippen LogP contribution in [0.2, 0.25) is 0 Å². The first-order valence-electron chi connectivity index (χ1n) is 7.05. The maximum Gasteiger partial charge on any atom is 0.268 e. The molecule has 0 bridgehead atoms. The molecular formula is C16H20N2O3S. The highest BCUT2D eigenvalue weighted by Crippen LogP contribution is 2.19. The summed E-state index contributed by atoms with van der Waals surface area (Å²) in [5.74, 6) is -0.147. The molecule has 0 saturated carbocycles. The number of hydrogen-bond acceptors (Lipinski definition) is 3. The van der Waals surface area contributed by atoms with Gasteiger partial charge in [-0.05, 0) is 36.2 Å². The number of benzene rings is 1. The normalized spacial score (nSPS) is 12.9. The van der Waals surface area contributed by atoms with Gasteiger partial charge >= 0.3 is 0 Å². The molecule has 0 aliphatic heterocycles. The smallest absolute Gasteiger partial charge is 0.268 e. The molecule has 0 fully saturated rings. The maximum absolute atomic E-state index is 12.3. The number of aryl methyl sites for hydroxylation is 1. The van der Waals surface area contributed by atoms with E-state index in [1.54, 1.807) is 34.9 Å². The van der Waals surface area contributed by atoms with Crippen LogP contribution in [0.4, 0.5) is 0 Å². The molecule has 1 N–H and O–H groups in total. The number of carbonyl (C=O) groups excluding carboxylic acids is 1. The summed E-state index contributed by atoms with van der Waals surface area (Å²) < 4.78 is 24.7. The third-order valence-corrected chi connectivity index (χ3v) is 4.73. The minimum absolute atomic E-state index is 0.147. The zero-order chi connectivity index (χ0) is 16.3. The molecule has 0 spiro atoms. The molecule has 0 aliphatic rings. The molecular weight excluding hydrogens is 300 g/mol. The van der Waals surface area contributed by atoms with Crippen LogP contribution in [0.1, 0.15) is 35.4 Å². The van der Waals surface area contributed by atoms with Crippen LogP contribution in [-0.4, -0.2) is 25.1 Å². The predicted molar refractivity (Wildman–Crippen MR) is 85.5 cm³/mol. The van der Waals surface area contributed by atoms with Gasteiger partial charge in [0, 0.05) is 19.5 Å². The second kappa shape index (κ2) is 6.36. The van der Waals surface area contributed by atoms with Gasteiger partial charge in [0.2, 0.25) is 0 Å². The van der Waals surface area contributed by atoms with Gasteiger partial charge in [0.05, 0.1) is 10.9 Å². The van der Waals surface area contributed by atoms with Gasteiger partial charge < -0.3 is 9.88 Å². The van der Waals surface area contributed by atoms with E-state index in [0.717, 1.165) is 5.56 Å². The maximum atomic E-state index is 12.3. The minimum Gasteiger partial charge on any atom is -0.347 e. The summed E-state index contributed by atoms with van der Waals surface area (Å²) in [6.45, 7) is 1.97. The Balaban J connectivity index is 2.18. The van der Waals surface area contributed by atoms with Gasteiger partial charge in [-0.15, -0.1) is 0 Å². The zero-order valence-electron chi connectivity index (χ0n) is 12.9. The molecule has 5 nitrogen and oxygen atoms in total. The summed E-state index contributed by atoms with van der Waals surface area (Å²) in [6.07, 6.45) is 3.71. The molecule has 1 aromatic heterocycles. The molecule has 0 unspecified atom stereocenters. The van der Waals surface area contributed by atoms with E-state index in [2.05, 4.69) is 5.32 Å². The van der Waals surface area contributed by atoms with Crippen molar-refractivity contribution in [2.75, 3.05) is 6.26 Å². The molecule has 118 valence electrons. The van der Waals surface area contributed by atoms with E-state index < -0.39 is 9.84 Å². The molecule has 1 atom stereocenters. The van der Waals surface area contributed by atoms with Crippen LogP contribution in [0.3, 0.4) is 0 Å². The van der Waals surface area contributed by atoms with Crippen LogP contribution in [0, 0.1) is 0 Å². The number of aromatic nitrogens is 1. The highest BCUT2D eigenvalue weighted by molar-refractivity contribution is 7.90. The Bertz CT molecular complexity index is 761. The molecule has 1 amide bonds. The average Bonchev–Trinajstić information content (AvgIpc) is 2.90. The fraction of sp³-hybridized carbons (Fsp3) is 0.312. The van der Waals surface area contributed by atoms with Crippen molar-refractivity contribution in [1.29, 1.82) is 0 Å². The summed E-state index contributed by atoms with van der Waals surface area (Å²) in [7, 11) is -1.39. The standard InChI is InChI=1S/C16H20N2O3S/c1-4-14(17-16(19)15-6-5-11-18(15)2)12-7-9-13(10-8-12)22(3,20)21/h5-11,14H,4H2,1-3H3,(H,17,19)/t14-/m1/s1. The molecule has 0 radical (unpaired) electrons. The van der Waals surface area contributed by atoms with Crippen molar-refractivity contribution in [3.05, 3.63) is 53.9 Å². The lowest BCUT2D eigenvalue weighted by Crippen LogP contribution is -2.29. The van der Waals surface area contributed by atoms with Gasteiger partial charge in [-0.2, -0.15) is 0 Å². The van der Waals surface area contributed by atoms with Gasteiger partial charge in [-0.3, -0.25) is 4.79 Å². The Kier molecular flexibility index (Phi) is 4.71. The number of nitrogens with one attached hydrogen (secondary N) is 1. The molecule has 1 heterocycles. The van der Waals surface area contributed by atoms with Crippen LogP contribution in [0.25, 0.3) is 0 Å². The molecule has 6 heteroatoms. The first-order valence-corrected chi connectivity index (χ1v) is 8.94. The van der Waals surface area contributed by atoms with E-state index in [0.29, 0.717) is 12.1 Å². The third kappa shape index (κ3) is 3.57. The Morgan fingerprint density at radius 2 is 1.86 bits per heavy atom. The number of hydrogen-bond donors (Lipinski definition) is 1. The van der Waals surface area contributed by atoms with E-state index in [1.165, 1.54) is 6.26 Å². The Labute approximate surface area is 130 Å². The Hall–Kier alpha value is -2.08. The topological polar surface area (TPSA) is 68.2 Å². The monoisotopic (exact) mass is 320 g/mol. The predicted octanol–water partition coefficient (Wildman–Crippen LogP) is 2.31. The fourth-order valence-electron chi connectivity index (χ4n) is 2.30. The second-order valence-electron chi connectivity index (χ2n) is 5.28. The molecule has 2 rings (SSSR count). The lowest BCUT2D eigenvalue weighted by Gasteiger charge is -2.18. The summed E-state index contributed by atoms with van der Waals surface area (Å²) in [4.78, 5) is 12.5. The summed E-state index contributed by atoms with van der Waals surface area (Å²) in [6, 6.07) is 10.1. The van der Waals surface area contributed by atoms with Gasteiger partial charge in [-0.1, -0.05) is 19.1 Å². The number of nitrogens with zero attached hydrogens (tertiary/aromatic N) is 1. The quantitative estimate of drug-likeness (QED) is 0.919. The van der Waals surface area contributed by atoms with E-state index in [9.17, 15) is 13.2 Å². The summed E-state index contributed by atoms with van der Waals surface area (Å²) in [5.41, 5.74) is 1.48. The van der Waals surface area contributed by atoms with Crippen LogP contribution in [0.5, 0.6) is 0 Å². The van der Waals surface area contributed by atoms with E-state index in [-0.39, 0.29) is 16.8 Å². The SMILES string of the molecule is CC[C@@H](NC(=O)c1cccn1C)c1ccc(S(C)(=O)=O)cc1. The first-order chi connectivity index (χ1) is 10.3. The Morgan fingerprint density at radius 1 is 1.23 bits per heavy atom. The lowest BCUT2D eigenvalue weighted by atomic mass is 10.0. The third-order valence-electron chi connectivity index (χ3n) is 3.60. The molecule has 0 aliphatic carbocycles. The molecule has 2 aromatic rings. The number of sulfone groups is 1. The van der Waals surface area contributed by atoms with Crippen LogP contribution in [-0.2, 0) is 16.9 Å². The van der Waals surface area contributed by atoms with E-state index >= 15 is 0 Å². The Morgan fingerprint density at radius 3 is 2.32 bits per heavy atom. The van der Waals surface area contributed by atoms with E-state index in [1.807, 2.05) is 26.2 Å². The van der Waals surface area contributed by atoms with Crippen LogP contribution < -0.4 is 5.32 Å². The average molecular weight is 320 g/mol. The van der Waals surface area contributed by atoms with Crippen molar-refractivity contribution in [1.82, 2.24) is 9.88 Å². The summed E-state index contributed by atoms with van der Waals surface area (Å²) in [5, 5.41) is 2.98.